The van der Waals surface area contributed by atoms with Crippen molar-refractivity contribution in [2.45, 2.75) is 102 Å². The van der Waals surface area contributed by atoms with Gasteiger partial charge in [0.25, 0.3) is 11.8 Å². The monoisotopic (exact) mass is 1040 g/mol. The van der Waals surface area contributed by atoms with Crippen LogP contribution in [-0.4, -0.2) is 98.0 Å². The Labute approximate surface area is 442 Å². The minimum absolute atomic E-state index is 0.0280. The number of Topliss-reactive ketones (excluding diaryl/α,β-unsaturated/α-hetero) is 1. The van der Waals surface area contributed by atoms with Gasteiger partial charge >= 0.3 is 5.97 Å². The van der Waals surface area contributed by atoms with Crippen molar-refractivity contribution in [3.05, 3.63) is 137 Å². The molecule has 2 aliphatic rings. The number of esters is 1. The number of nitrogens with one attached hydrogen (secondary N) is 4. The first-order chi connectivity index (χ1) is 36.5. The number of amides is 4. The number of phenols is 2. The van der Waals surface area contributed by atoms with E-state index in [9.17, 15) is 39.0 Å². The summed E-state index contributed by atoms with van der Waals surface area (Å²) in [6.07, 6.45) is 6.64. The van der Waals surface area contributed by atoms with Gasteiger partial charge in [0, 0.05) is 79.2 Å². The molecular formula is C57H69N9O10. The van der Waals surface area contributed by atoms with Crippen LogP contribution in [-0.2, 0) is 24.7 Å². The van der Waals surface area contributed by atoms with Crippen LogP contribution in [0.3, 0.4) is 0 Å². The Balaban J connectivity index is 0.000000247. The molecule has 2 heterocycles. The third-order valence-electron chi connectivity index (χ3n) is 13.2. The van der Waals surface area contributed by atoms with Gasteiger partial charge in [0.1, 0.15) is 34.8 Å². The van der Waals surface area contributed by atoms with Crippen molar-refractivity contribution >= 4 is 52.4 Å². The number of fused-ring (bicyclic) bond motifs is 6. The van der Waals surface area contributed by atoms with Gasteiger partial charge in [-0.3, -0.25) is 24.0 Å². The summed E-state index contributed by atoms with van der Waals surface area (Å²) in [5.74, 6) is -1.33. The second kappa shape index (κ2) is 26.9. The number of nitrogens with two attached hydrogens (primary N) is 2. The number of carbonyl (C=O) groups is 6. The average molecular weight is 1040 g/mol. The van der Waals surface area contributed by atoms with Crippen molar-refractivity contribution in [2.75, 3.05) is 39.1 Å². The molecule has 19 nitrogen and oxygen atoms in total. The molecule has 3 atom stereocenters. The summed E-state index contributed by atoms with van der Waals surface area (Å²) in [5, 5.41) is 40.0. The quantitative estimate of drug-likeness (QED) is 0.0167. The number of carbonyl (C=O) groups excluding carboxylic acids is 6. The van der Waals surface area contributed by atoms with Gasteiger partial charge < -0.3 is 57.3 Å². The third-order valence-corrected chi connectivity index (χ3v) is 13.2. The van der Waals surface area contributed by atoms with E-state index in [1.807, 2.05) is 50.2 Å². The molecule has 5 aromatic rings. The van der Waals surface area contributed by atoms with Crippen LogP contribution in [0.5, 0.6) is 23.0 Å². The summed E-state index contributed by atoms with van der Waals surface area (Å²) >= 11 is 0. The lowest BCUT2D eigenvalue weighted by atomic mass is 9.77. The Hall–Kier alpha value is -8.16. The number of primary amides is 1. The van der Waals surface area contributed by atoms with Gasteiger partial charge in [-0.1, -0.05) is 32.8 Å². The molecule has 0 aromatic heterocycles. The maximum Gasteiger partial charge on any atom is 0.340 e. The lowest BCUT2D eigenvalue weighted by molar-refractivity contribution is -0.128. The van der Waals surface area contributed by atoms with Crippen LogP contribution in [0, 0.1) is 0 Å². The summed E-state index contributed by atoms with van der Waals surface area (Å²) in [7, 11) is 5.67. The minimum Gasteiger partial charge on any atom is -0.508 e. The van der Waals surface area contributed by atoms with E-state index >= 15 is 0 Å². The largest absolute Gasteiger partial charge is 0.508 e. The van der Waals surface area contributed by atoms with E-state index in [2.05, 4.69) is 31.5 Å². The number of benzene rings is 5. The number of unbranched alkanes of at least 4 members (excludes halogenated alkanes) is 3. The summed E-state index contributed by atoms with van der Waals surface area (Å²) < 4.78 is 12.0. The molecule has 0 saturated carbocycles. The van der Waals surface area contributed by atoms with Gasteiger partial charge in [-0.2, -0.15) is 10.2 Å². The zero-order valence-electron chi connectivity index (χ0n) is 43.7. The van der Waals surface area contributed by atoms with E-state index in [0.29, 0.717) is 91.5 Å². The van der Waals surface area contributed by atoms with E-state index in [1.165, 1.54) is 30.3 Å². The van der Waals surface area contributed by atoms with Gasteiger partial charge in [0.15, 0.2) is 5.60 Å². The highest BCUT2D eigenvalue weighted by molar-refractivity contribution is 6.02. The number of hydrogen-bond donors (Lipinski definition) is 8. The molecule has 0 fully saturated rings. The predicted molar refractivity (Wildman–Crippen MR) is 289 cm³/mol. The second-order valence-electron chi connectivity index (χ2n) is 18.8. The Kier molecular flexibility index (Phi) is 20.2. The van der Waals surface area contributed by atoms with E-state index < -0.39 is 35.6 Å². The van der Waals surface area contributed by atoms with Gasteiger partial charge in [-0.25, -0.2) is 4.79 Å². The topological polar surface area (TPSA) is 289 Å². The second-order valence-corrected chi connectivity index (χ2v) is 18.8. The van der Waals surface area contributed by atoms with Crippen molar-refractivity contribution in [3.8, 4) is 23.0 Å². The number of phenolic OH excluding ortho intramolecular Hbond substituents is 2. The number of anilines is 1. The number of ether oxygens (including phenoxy) is 2. The molecule has 7 rings (SSSR count). The molecule has 0 aliphatic carbocycles. The Morgan fingerprint density at radius 3 is 1.74 bits per heavy atom. The third kappa shape index (κ3) is 14.4. The SMILES string of the molecule is CCC(=O)[C@@H](N)CCCCNC(=O)c1ccc2c(c1)C(=O)OC21c2ccc(O)cc2Oc2cc(O)ccc21.CCCC[C@H](NC(=O)[C@@H](CCCCNC(=O)c1ccc(N=Nc2ccc(N(C)C)cc2)cc1)NC)C(N)=O. The molecule has 0 bridgehead atoms. The van der Waals surface area contributed by atoms with Crippen molar-refractivity contribution < 1.29 is 48.5 Å². The van der Waals surface area contributed by atoms with Gasteiger partial charge in [0.2, 0.25) is 11.8 Å². The van der Waals surface area contributed by atoms with E-state index in [4.69, 9.17) is 20.9 Å². The molecule has 1 spiro atoms. The zero-order chi connectivity index (χ0) is 54.9. The standard InChI is InChI=1S/C29H28N2O7.C28H41N7O3/c1-2-24(34)23(30)5-3-4-12-31-27(35)16-6-9-20-19(13-16)28(36)38-29(20)21-10-7-17(32)14-25(21)37-26-15-18(33)8-11-22(26)29;1-5-6-9-24(26(29)36)32-28(38)25(30-2)10-7-8-19-31-27(37)20-11-13-21(14-12-20)33-34-22-15-17-23(18-16-22)35(3)4/h6-11,13-15,23,32-33H,2-5,12,30H2,1H3,(H,31,35);11-18,24-25,30H,5-10,19H2,1-4H3,(H2,29,36)(H,31,37)(H,32,38)/t23-;24-,25+/m00/s1. The normalized spacial score (nSPS) is 13.8. The molecule has 2 aliphatic heterocycles. The number of likely N-dealkylation sites (N-methyl/N-ethyl adjacent to an activating group) is 1. The van der Waals surface area contributed by atoms with Crippen LogP contribution in [0.4, 0.5) is 17.1 Å². The highest BCUT2D eigenvalue weighted by Gasteiger charge is 2.54. The summed E-state index contributed by atoms with van der Waals surface area (Å²) in [6.45, 7) is 4.69. The number of rotatable bonds is 24. The predicted octanol–water partition coefficient (Wildman–Crippen LogP) is 7.69. The average Bonchev–Trinajstić information content (AvgIpc) is 3.81. The fraction of sp³-hybridized carbons (Fsp3) is 0.368. The van der Waals surface area contributed by atoms with Gasteiger partial charge in [-0.15, -0.1) is 0 Å². The maximum atomic E-state index is 13.2. The number of azo groups is 1. The molecule has 10 N–H and O–H groups in total. The van der Waals surface area contributed by atoms with Crippen LogP contribution < -0.4 is 42.4 Å². The first-order valence-electron chi connectivity index (χ1n) is 25.6. The molecule has 76 heavy (non-hydrogen) atoms. The van der Waals surface area contributed by atoms with Crippen LogP contribution in [0.1, 0.15) is 126 Å². The molecule has 0 radical (unpaired) electrons. The fourth-order valence-corrected chi connectivity index (χ4v) is 8.83. The highest BCUT2D eigenvalue weighted by atomic mass is 16.6. The molecule has 19 heteroatoms. The van der Waals surface area contributed by atoms with Crippen LogP contribution in [0.15, 0.2) is 113 Å². The van der Waals surface area contributed by atoms with Crippen molar-refractivity contribution in [3.63, 3.8) is 0 Å². The summed E-state index contributed by atoms with van der Waals surface area (Å²) in [5.41, 5.74) is 15.0. The first kappa shape index (κ1) is 57.1. The Morgan fingerprint density at radius 1 is 0.671 bits per heavy atom. The summed E-state index contributed by atoms with van der Waals surface area (Å²) in [4.78, 5) is 76.2. The molecule has 5 aromatic carbocycles. The fourth-order valence-electron chi connectivity index (χ4n) is 8.83. The molecule has 402 valence electrons. The lowest BCUT2D eigenvalue weighted by Crippen LogP contribution is -2.51. The van der Waals surface area contributed by atoms with Crippen LogP contribution >= 0.6 is 0 Å². The van der Waals surface area contributed by atoms with Crippen molar-refractivity contribution in [2.24, 2.45) is 21.7 Å². The Morgan fingerprint density at radius 2 is 1.20 bits per heavy atom. The minimum atomic E-state index is -1.37. The molecule has 0 unspecified atom stereocenters. The van der Waals surface area contributed by atoms with Gasteiger partial charge in [0.05, 0.1) is 29.0 Å². The first-order valence-corrected chi connectivity index (χ1v) is 25.6. The number of nitrogens with zero attached hydrogens (tertiary/aromatic N) is 3. The zero-order valence-corrected chi connectivity index (χ0v) is 43.7. The van der Waals surface area contributed by atoms with Crippen molar-refractivity contribution in [1.82, 2.24) is 21.3 Å². The lowest BCUT2D eigenvalue weighted by Gasteiger charge is -2.36. The maximum absolute atomic E-state index is 13.2. The highest BCUT2D eigenvalue weighted by Crippen LogP contribution is 2.57. The summed E-state index contributed by atoms with van der Waals surface area (Å²) in [6, 6.07) is 27.0. The number of ketones is 1. The van der Waals surface area contributed by atoms with Crippen LogP contribution in [0.25, 0.3) is 0 Å². The number of hydrogen-bond acceptors (Lipinski definition) is 15. The smallest absolute Gasteiger partial charge is 0.340 e. The van der Waals surface area contributed by atoms with Gasteiger partial charge in [-0.05, 0) is 137 Å². The van der Waals surface area contributed by atoms with E-state index in [0.717, 1.165) is 30.6 Å². The van der Waals surface area contributed by atoms with Crippen LogP contribution in [0.2, 0.25) is 0 Å². The van der Waals surface area contributed by atoms with E-state index in [-0.39, 0.29) is 52.1 Å². The van der Waals surface area contributed by atoms with E-state index in [1.54, 1.807) is 62.5 Å². The number of aromatic hydroxyl groups is 2. The molecular weight excluding hydrogens is 971 g/mol. The molecule has 4 amide bonds. The van der Waals surface area contributed by atoms with Crippen molar-refractivity contribution in [1.29, 1.82) is 0 Å². The Bertz CT molecular complexity index is 2840. The molecule has 0 saturated heterocycles.